The standard InChI is InChI=1S/C11H15NO3/c1-11(2,14)8-6-7(10(13)15-3)4-5-9(8)12/h4-6,14H,12H2,1-3H3. The number of carbonyl (C=O) groups is 1. The van der Waals surface area contributed by atoms with Crippen molar-refractivity contribution < 1.29 is 14.6 Å². The first-order chi connectivity index (χ1) is 6.86. The van der Waals surface area contributed by atoms with Crippen LogP contribution in [0.1, 0.15) is 29.8 Å². The third-order valence-corrected chi connectivity index (χ3v) is 2.13. The molecule has 4 heteroatoms. The zero-order chi connectivity index (χ0) is 11.6. The van der Waals surface area contributed by atoms with Crippen LogP contribution in [0.2, 0.25) is 0 Å². The molecule has 0 aliphatic heterocycles. The lowest BCUT2D eigenvalue weighted by molar-refractivity contribution is 0.0599. The molecule has 0 heterocycles. The SMILES string of the molecule is COC(=O)c1ccc(N)c(C(C)(C)O)c1. The molecule has 4 nitrogen and oxygen atoms in total. The van der Waals surface area contributed by atoms with Gasteiger partial charge in [0.25, 0.3) is 0 Å². The lowest BCUT2D eigenvalue weighted by Gasteiger charge is -2.20. The van der Waals surface area contributed by atoms with Crippen LogP contribution in [0, 0.1) is 0 Å². The van der Waals surface area contributed by atoms with Crippen molar-refractivity contribution in [3.05, 3.63) is 29.3 Å². The quantitative estimate of drug-likeness (QED) is 0.568. The zero-order valence-corrected chi connectivity index (χ0v) is 9.07. The number of rotatable bonds is 2. The van der Waals surface area contributed by atoms with Crippen molar-refractivity contribution >= 4 is 11.7 Å². The van der Waals surface area contributed by atoms with Crippen LogP contribution in [0.5, 0.6) is 0 Å². The van der Waals surface area contributed by atoms with Gasteiger partial charge in [-0.3, -0.25) is 0 Å². The third-order valence-electron chi connectivity index (χ3n) is 2.13. The fourth-order valence-corrected chi connectivity index (χ4v) is 1.33. The fraction of sp³-hybridized carbons (Fsp3) is 0.364. The van der Waals surface area contributed by atoms with Crippen LogP contribution in [0.15, 0.2) is 18.2 Å². The number of esters is 1. The second-order valence-electron chi connectivity index (χ2n) is 3.85. The van der Waals surface area contributed by atoms with E-state index in [1.807, 2.05) is 0 Å². The molecule has 82 valence electrons. The van der Waals surface area contributed by atoms with Crippen molar-refractivity contribution in [3.63, 3.8) is 0 Å². The minimum atomic E-state index is -1.08. The molecule has 1 rings (SSSR count). The summed E-state index contributed by atoms with van der Waals surface area (Å²) in [6.45, 7) is 3.22. The van der Waals surface area contributed by atoms with Crippen LogP contribution in [-0.4, -0.2) is 18.2 Å². The maximum Gasteiger partial charge on any atom is 0.337 e. The van der Waals surface area contributed by atoms with Gasteiger partial charge < -0.3 is 15.6 Å². The van der Waals surface area contributed by atoms with Crippen molar-refractivity contribution in [2.75, 3.05) is 12.8 Å². The van der Waals surface area contributed by atoms with Crippen LogP contribution in [0.4, 0.5) is 5.69 Å². The summed E-state index contributed by atoms with van der Waals surface area (Å²) in [6, 6.07) is 4.69. The highest BCUT2D eigenvalue weighted by Gasteiger charge is 2.20. The Morgan fingerprint density at radius 3 is 2.53 bits per heavy atom. The Kier molecular flexibility index (Phi) is 3.00. The molecule has 0 amide bonds. The highest BCUT2D eigenvalue weighted by molar-refractivity contribution is 5.90. The molecule has 0 radical (unpaired) electrons. The molecule has 0 saturated carbocycles. The number of aliphatic hydroxyl groups is 1. The number of anilines is 1. The van der Waals surface area contributed by atoms with Gasteiger partial charge in [0.05, 0.1) is 18.3 Å². The summed E-state index contributed by atoms with van der Waals surface area (Å²) < 4.78 is 4.58. The van der Waals surface area contributed by atoms with E-state index in [4.69, 9.17) is 5.73 Å². The van der Waals surface area contributed by atoms with Crippen LogP contribution in [0.3, 0.4) is 0 Å². The Balaban J connectivity index is 3.23. The smallest absolute Gasteiger partial charge is 0.337 e. The summed E-state index contributed by atoms with van der Waals surface area (Å²) in [7, 11) is 1.31. The lowest BCUT2D eigenvalue weighted by Crippen LogP contribution is -2.18. The highest BCUT2D eigenvalue weighted by Crippen LogP contribution is 2.26. The van der Waals surface area contributed by atoms with Crippen molar-refractivity contribution in [2.45, 2.75) is 19.4 Å². The first-order valence-electron chi connectivity index (χ1n) is 4.57. The second-order valence-corrected chi connectivity index (χ2v) is 3.85. The number of hydrogen-bond donors (Lipinski definition) is 2. The predicted molar refractivity (Wildman–Crippen MR) is 57.4 cm³/mol. The minimum absolute atomic E-state index is 0.379. The maximum absolute atomic E-state index is 11.3. The normalized spacial score (nSPS) is 11.2. The first kappa shape index (κ1) is 11.5. The average Bonchev–Trinajstić information content (AvgIpc) is 2.15. The number of carbonyl (C=O) groups excluding carboxylic acids is 1. The van der Waals surface area contributed by atoms with Gasteiger partial charge in [-0.25, -0.2) is 4.79 Å². The molecular formula is C11H15NO3. The summed E-state index contributed by atoms with van der Waals surface area (Å²) in [5, 5.41) is 9.82. The van der Waals surface area contributed by atoms with E-state index in [0.29, 0.717) is 16.8 Å². The number of methoxy groups -OCH3 is 1. The first-order valence-corrected chi connectivity index (χ1v) is 4.57. The summed E-state index contributed by atoms with van der Waals surface area (Å²) in [4.78, 5) is 11.3. The molecule has 0 bridgehead atoms. The van der Waals surface area contributed by atoms with E-state index in [0.717, 1.165) is 0 Å². The van der Waals surface area contributed by atoms with E-state index in [2.05, 4.69) is 4.74 Å². The number of nitrogen functional groups attached to an aromatic ring is 1. The van der Waals surface area contributed by atoms with Crippen molar-refractivity contribution in [1.29, 1.82) is 0 Å². The summed E-state index contributed by atoms with van der Waals surface area (Å²) in [5.74, 6) is -0.444. The summed E-state index contributed by atoms with van der Waals surface area (Å²) in [5.41, 5.74) is 5.98. The van der Waals surface area contributed by atoms with Gasteiger partial charge in [-0.15, -0.1) is 0 Å². The van der Waals surface area contributed by atoms with Gasteiger partial charge >= 0.3 is 5.97 Å². The largest absolute Gasteiger partial charge is 0.465 e. The summed E-state index contributed by atoms with van der Waals surface area (Å²) in [6.07, 6.45) is 0. The Labute approximate surface area is 88.7 Å². The molecule has 15 heavy (non-hydrogen) atoms. The average molecular weight is 209 g/mol. The highest BCUT2D eigenvalue weighted by atomic mass is 16.5. The van der Waals surface area contributed by atoms with E-state index in [9.17, 15) is 9.90 Å². The molecule has 1 aromatic carbocycles. The van der Waals surface area contributed by atoms with Gasteiger partial charge in [-0.2, -0.15) is 0 Å². The van der Waals surface area contributed by atoms with Crippen LogP contribution < -0.4 is 5.73 Å². The van der Waals surface area contributed by atoms with E-state index in [1.54, 1.807) is 32.0 Å². The molecular weight excluding hydrogens is 194 g/mol. The monoisotopic (exact) mass is 209 g/mol. The third kappa shape index (κ3) is 2.47. The molecule has 0 saturated heterocycles. The van der Waals surface area contributed by atoms with Gasteiger partial charge in [0.2, 0.25) is 0 Å². The number of hydrogen-bond acceptors (Lipinski definition) is 4. The molecule has 0 aromatic heterocycles. The number of benzene rings is 1. The Morgan fingerprint density at radius 2 is 2.07 bits per heavy atom. The number of nitrogens with two attached hydrogens (primary N) is 1. The Bertz CT molecular complexity index is 380. The van der Waals surface area contributed by atoms with Crippen molar-refractivity contribution in [1.82, 2.24) is 0 Å². The lowest BCUT2D eigenvalue weighted by atomic mass is 9.95. The minimum Gasteiger partial charge on any atom is -0.465 e. The Hall–Kier alpha value is -1.55. The van der Waals surface area contributed by atoms with Gasteiger partial charge in [0.1, 0.15) is 0 Å². The zero-order valence-electron chi connectivity index (χ0n) is 9.07. The molecule has 0 aliphatic rings. The van der Waals surface area contributed by atoms with Gasteiger partial charge in [0, 0.05) is 11.3 Å². The predicted octanol–water partition coefficient (Wildman–Crippen LogP) is 1.28. The molecule has 0 fully saturated rings. The molecule has 0 aliphatic carbocycles. The van der Waals surface area contributed by atoms with Crippen molar-refractivity contribution in [3.8, 4) is 0 Å². The maximum atomic E-state index is 11.3. The van der Waals surface area contributed by atoms with Crippen LogP contribution in [-0.2, 0) is 10.3 Å². The van der Waals surface area contributed by atoms with E-state index < -0.39 is 11.6 Å². The van der Waals surface area contributed by atoms with Crippen LogP contribution in [0.25, 0.3) is 0 Å². The molecule has 0 spiro atoms. The van der Waals surface area contributed by atoms with Crippen LogP contribution >= 0.6 is 0 Å². The van der Waals surface area contributed by atoms with Crippen molar-refractivity contribution in [2.24, 2.45) is 0 Å². The van der Waals surface area contributed by atoms with Gasteiger partial charge in [-0.1, -0.05) is 0 Å². The number of ether oxygens (including phenoxy) is 1. The molecule has 1 aromatic rings. The fourth-order valence-electron chi connectivity index (χ4n) is 1.33. The van der Waals surface area contributed by atoms with E-state index in [-0.39, 0.29) is 0 Å². The van der Waals surface area contributed by atoms with E-state index in [1.165, 1.54) is 7.11 Å². The van der Waals surface area contributed by atoms with Gasteiger partial charge in [0.15, 0.2) is 0 Å². The molecule has 0 unspecified atom stereocenters. The molecule has 3 N–H and O–H groups in total. The van der Waals surface area contributed by atoms with E-state index >= 15 is 0 Å². The topological polar surface area (TPSA) is 72.5 Å². The second kappa shape index (κ2) is 3.90. The molecule has 0 atom stereocenters. The Morgan fingerprint density at radius 1 is 1.47 bits per heavy atom. The van der Waals surface area contributed by atoms with Gasteiger partial charge in [-0.05, 0) is 32.0 Å². The summed E-state index contributed by atoms with van der Waals surface area (Å²) >= 11 is 0.